The van der Waals surface area contributed by atoms with Crippen LogP contribution in [0, 0.1) is 0 Å². The smallest absolute Gasteiger partial charge is 0.360 e. The zero-order valence-corrected chi connectivity index (χ0v) is 14.5. The fraction of sp³-hybridized carbons (Fsp3) is 0.706. The highest BCUT2D eigenvalue weighted by atomic mass is 16.5. The molecule has 134 valence electrons. The van der Waals surface area contributed by atoms with Gasteiger partial charge in [0.25, 0.3) is 0 Å². The van der Waals surface area contributed by atoms with Gasteiger partial charge in [-0.3, -0.25) is 0 Å². The number of ether oxygens (including phenoxy) is 1. The van der Waals surface area contributed by atoms with E-state index in [1.54, 1.807) is 4.90 Å². The van der Waals surface area contributed by atoms with Gasteiger partial charge in [0, 0.05) is 12.6 Å². The van der Waals surface area contributed by atoms with Crippen LogP contribution in [0.1, 0.15) is 68.2 Å². The molecule has 1 heterocycles. The Morgan fingerprint density at radius 2 is 2.12 bits per heavy atom. The number of urea groups is 1. The molecule has 0 radical (unpaired) electrons. The van der Waals surface area contributed by atoms with Crippen molar-refractivity contribution in [1.29, 1.82) is 0 Å². The SMILES string of the molecule is CCCCNC(=O)N(Cc1nc(C(=O)OC)co1)C1CCCCC1. The number of hydrogen-bond donors (Lipinski definition) is 1. The highest BCUT2D eigenvalue weighted by Gasteiger charge is 2.27. The van der Waals surface area contributed by atoms with Gasteiger partial charge in [0.05, 0.1) is 13.7 Å². The highest BCUT2D eigenvalue weighted by Crippen LogP contribution is 2.24. The summed E-state index contributed by atoms with van der Waals surface area (Å²) in [6.07, 6.45) is 8.71. The third-order valence-corrected chi connectivity index (χ3v) is 4.33. The highest BCUT2D eigenvalue weighted by molar-refractivity contribution is 5.86. The molecule has 1 aromatic heterocycles. The number of carbonyl (C=O) groups is 2. The van der Waals surface area contributed by atoms with Gasteiger partial charge in [0.1, 0.15) is 6.26 Å². The molecule has 0 atom stereocenters. The van der Waals surface area contributed by atoms with Gasteiger partial charge in [0.2, 0.25) is 5.89 Å². The molecule has 0 spiro atoms. The molecule has 1 aliphatic rings. The molecular formula is C17H27N3O4. The van der Waals surface area contributed by atoms with Gasteiger partial charge in [-0.25, -0.2) is 14.6 Å². The van der Waals surface area contributed by atoms with Gasteiger partial charge < -0.3 is 19.4 Å². The first-order chi connectivity index (χ1) is 11.7. The number of esters is 1. The van der Waals surface area contributed by atoms with E-state index in [0.29, 0.717) is 12.4 Å². The number of amides is 2. The molecule has 0 unspecified atom stereocenters. The predicted molar refractivity (Wildman–Crippen MR) is 88.6 cm³/mol. The minimum atomic E-state index is -0.540. The molecule has 0 aliphatic heterocycles. The summed E-state index contributed by atoms with van der Waals surface area (Å²) in [5.74, 6) is -0.187. The van der Waals surface area contributed by atoms with Crippen molar-refractivity contribution in [3.8, 4) is 0 Å². The monoisotopic (exact) mass is 337 g/mol. The molecule has 7 nitrogen and oxygen atoms in total. The molecule has 2 amide bonds. The summed E-state index contributed by atoms with van der Waals surface area (Å²) in [6, 6.07) is 0.0991. The van der Waals surface area contributed by atoms with Crippen LogP contribution >= 0.6 is 0 Å². The second kappa shape index (κ2) is 9.30. The molecule has 24 heavy (non-hydrogen) atoms. The molecule has 1 fully saturated rings. The fourth-order valence-corrected chi connectivity index (χ4v) is 2.96. The van der Waals surface area contributed by atoms with Crippen molar-refractivity contribution in [3.05, 3.63) is 17.8 Å². The van der Waals surface area contributed by atoms with Crippen molar-refractivity contribution >= 4 is 12.0 Å². The van der Waals surface area contributed by atoms with Crippen LogP contribution < -0.4 is 5.32 Å². The van der Waals surface area contributed by atoms with Crippen molar-refractivity contribution < 1.29 is 18.7 Å². The lowest BCUT2D eigenvalue weighted by Gasteiger charge is -2.33. The number of unbranched alkanes of at least 4 members (excludes halogenated alkanes) is 1. The van der Waals surface area contributed by atoms with Crippen LogP contribution in [0.25, 0.3) is 0 Å². The summed E-state index contributed by atoms with van der Waals surface area (Å²) in [4.78, 5) is 30.0. The van der Waals surface area contributed by atoms with E-state index in [9.17, 15) is 9.59 Å². The molecule has 0 saturated heterocycles. The summed E-state index contributed by atoms with van der Waals surface area (Å²) in [6.45, 7) is 3.02. The Morgan fingerprint density at radius 1 is 1.38 bits per heavy atom. The van der Waals surface area contributed by atoms with E-state index in [4.69, 9.17) is 4.42 Å². The second-order valence-electron chi connectivity index (χ2n) is 6.12. The molecule has 2 rings (SSSR count). The van der Waals surface area contributed by atoms with Gasteiger partial charge in [-0.1, -0.05) is 32.6 Å². The summed E-state index contributed by atoms with van der Waals surface area (Å²) in [5.41, 5.74) is 0.127. The Morgan fingerprint density at radius 3 is 2.79 bits per heavy atom. The average molecular weight is 337 g/mol. The molecular weight excluding hydrogens is 310 g/mol. The first-order valence-electron chi connectivity index (χ1n) is 8.73. The van der Waals surface area contributed by atoms with Crippen LogP contribution in [0.5, 0.6) is 0 Å². The number of methoxy groups -OCH3 is 1. The fourth-order valence-electron chi connectivity index (χ4n) is 2.96. The second-order valence-corrected chi connectivity index (χ2v) is 6.12. The van der Waals surface area contributed by atoms with Gasteiger partial charge in [0.15, 0.2) is 5.69 Å². The van der Waals surface area contributed by atoms with E-state index in [-0.39, 0.29) is 24.3 Å². The third kappa shape index (κ3) is 4.97. The lowest BCUT2D eigenvalue weighted by Crippen LogP contribution is -2.46. The third-order valence-electron chi connectivity index (χ3n) is 4.33. The lowest BCUT2D eigenvalue weighted by atomic mass is 9.94. The molecule has 0 aromatic carbocycles. The number of aromatic nitrogens is 1. The molecule has 1 aromatic rings. The number of nitrogens with one attached hydrogen (secondary N) is 1. The summed E-state index contributed by atoms with van der Waals surface area (Å²) in [5, 5.41) is 2.97. The first kappa shape index (κ1) is 18.3. The summed E-state index contributed by atoms with van der Waals surface area (Å²) in [7, 11) is 1.30. The van der Waals surface area contributed by atoms with Crippen molar-refractivity contribution in [1.82, 2.24) is 15.2 Å². The number of nitrogens with zero attached hydrogens (tertiary/aromatic N) is 2. The van der Waals surface area contributed by atoms with Crippen LogP contribution in [0.4, 0.5) is 4.79 Å². The van der Waals surface area contributed by atoms with Crippen molar-refractivity contribution in [2.45, 2.75) is 64.5 Å². The maximum absolute atomic E-state index is 12.6. The number of carbonyl (C=O) groups excluding carboxylic acids is 2. The largest absolute Gasteiger partial charge is 0.464 e. The van der Waals surface area contributed by atoms with E-state index >= 15 is 0 Å². The van der Waals surface area contributed by atoms with Crippen molar-refractivity contribution in [2.75, 3.05) is 13.7 Å². The molecule has 7 heteroatoms. The Labute approximate surface area is 142 Å². The van der Waals surface area contributed by atoms with Crippen molar-refractivity contribution in [3.63, 3.8) is 0 Å². The lowest BCUT2D eigenvalue weighted by molar-refractivity contribution is 0.0594. The van der Waals surface area contributed by atoms with Crippen LogP contribution in [0.3, 0.4) is 0 Å². The molecule has 1 aliphatic carbocycles. The first-order valence-corrected chi connectivity index (χ1v) is 8.73. The average Bonchev–Trinajstić information content (AvgIpc) is 3.08. The predicted octanol–water partition coefficient (Wildman–Crippen LogP) is 3.11. The van der Waals surface area contributed by atoms with Crippen molar-refractivity contribution in [2.24, 2.45) is 0 Å². The van der Waals surface area contributed by atoms with Gasteiger partial charge in [-0.05, 0) is 19.3 Å². The topological polar surface area (TPSA) is 84.7 Å². The van der Waals surface area contributed by atoms with E-state index in [1.165, 1.54) is 19.8 Å². The number of oxazole rings is 1. The number of hydrogen-bond acceptors (Lipinski definition) is 5. The van der Waals surface area contributed by atoms with E-state index in [2.05, 4.69) is 22.0 Å². The maximum atomic E-state index is 12.6. The zero-order valence-electron chi connectivity index (χ0n) is 14.5. The Bertz CT molecular complexity index is 538. The zero-order chi connectivity index (χ0) is 17.4. The van der Waals surface area contributed by atoms with E-state index in [0.717, 1.165) is 38.5 Å². The van der Waals surface area contributed by atoms with Gasteiger partial charge >= 0.3 is 12.0 Å². The Kier molecular flexibility index (Phi) is 7.08. The Hall–Kier alpha value is -2.05. The molecule has 1 saturated carbocycles. The Balaban J connectivity index is 2.05. The van der Waals surface area contributed by atoms with Crippen LogP contribution in [0.15, 0.2) is 10.7 Å². The normalized spacial score (nSPS) is 15.1. The molecule has 0 bridgehead atoms. The van der Waals surface area contributed by atoms with Crippen LogP contribution in [-0.2, 0) is 11.3 Å². The van der Waals surface area contributed by atoms with Gasteiger partial charge in [-0.2, -0.15) is 0 Å². The van der Waals surface area contributed by atoms with E-state index < -0.39 is 5.97 Å². The van der Waals surface area contributed by atoms with Crippen LogP contribution in [-0.4, -0.2) is 41.6 Å². The van der Waals surface area contributed by atoms with E-state index in [1.807, 2.05) is 0 Å². The quantitative estimate of drug-likeness (QED) is 0.610. The number of rotatable bonds is 7. The van der Waals surface area contributed by atoms with Gasteiger partial charge in [-0.15, -0.1) is 0 Å². The minimum absolute atomic E-state index is 0.0897. The molecule has 1 N–H and O–H groups in total. The maximum Gasteiger partial charge on any atom is 0.360 e. The van der Waals surface area contributed by atoms with Crippen LogP contribution in [0.2, 0.25) is 0 Å². The standard InChI is InChI=1S/C17H27N3O4/c1-3-4-10-18-17(22)20(13-8-6-5-7-9-13)11-15-19-14(12-24-15)16(21)23-2/h12-13H,3-11H2,1-2H3,(H,18,22). The minimum Gasteiger partial charge on any atom is -0.464 e. The summed E-state index contributed by atoms with van der Waals surface area (Å²) < 4.78 is 9.98. The summed E-state index contributed by atoms with van der Waals surface area (Å²) >= 11 is 0.